The van der Waals surface area contributed by atoms with E-state index in [-0.39, 0.29) is 5.91 Å². The summed E-state index contributed by atoms with van der Waals surface area (Å²) >= 11 is 0. The van der Waals surface area contributed by atoms with Gasteiger partial charge in [-0.15, -0.1) is 0 Å². The summed E-state index contributed by atoms with van der Waals surface area (Å²) in [5, 5.41) is 6.02. The first-order valence-corrected chi connectivity index (χ1v) is 8.38. The van der Waals surface area contributed by atoms with E-state index in [0.29, 0.717) is 18.2 Å². The summed E-state index contributed by atoms with van der Waals surface area (Å²) in [7, 11) is 0. The molecule has 0 aliphatic rings. The van der Waals surface area contributed by atoms with Gasteiger partial charge < -0.3 is 10.6 Å². The van der Waals surface area contributed by atoms with E-state index in [2.05, 4.69) is 39.4 Å². The van der Waals surface area contributed by atoms with Gasteiger partial charge in [-0.1, -0.05) is 12.1 Å². The van der Waals surface area contributed by atoms with E-state index in [9.17, 15) is 4.79 Å². The molecule has 0 radical (unpaired) electrons. The van der Waals surface area contributed by atoms with Crippen molar-refractivity contribution in [3.63, 3.8) is 0 Å². The van der Waals surface area contributed by atoms with Crippen molar-refractivity contribution in [3.8, 4) is 0 Å². The molecule has 0 aliphatic heterocycles. The zero-order chi connectivity index (χ0) is 18.5. The third-order valence-corrected chi connectivity index (χ3v) is 4.03. The van der Waals surface area contributed by atoms with Crippen LogP contribution >= 0.6 is 0 Å². The molecule has 0 unspecified atom stereocenters. The van der Waals surface area contributed by atoms with Gasteiger partial charge in [-0.3, -0.25) is 9.78 Å². The number of amides is 1. The standard InChI is InChI=1S/C20H21N5O/c1-13-6-7-17(9-14(13)2)24-20-23-15(3)10-18(25-20)19(26)22-12-16-5-4-8-21-11-16/h4-11H,12H2,1-3H3,(H,22,26)(H,23,24,25). The predicted molar refractivity (Wildman–Crippen MR) is 101 cm³/mol. The molecule has 3 rings (SSSR count). The van der Waals surface area contributed by atoms with E-state index in [1.165, 1.54) is 11.1 Å². The first kappa shape index (κ1) is 17.5. The van der Waals surface area contributed by atoms with E-state index in [1.54, 1.807) is 18.5 Å². The minimum absolute atomic E-state index is 0.248. The Kier molecular flexibility index (Phi) is 5.22. The zero-order valence-electron chi connectivity index (χ0n) is 15.1. The van der Waals surface area contributed by atoms with Gasteiger partial charge in [0, 0.05) is 30.3 Å². The SMILES string of the molecule is Cc1cc(C(=O)NCc2cccnc2)nc(Nc2ccc(C)c(C)c2)n1. The molecule has 1 amide bonds. The van der Waals surface area contributed by atoms with E-state index < -0.39 is 0 Å². The van der Waals surface area contributed by atoms with E-state index in [1.807, 2.05) is 37.3 Å². The number of aryl methyl sites for hydroxylation is 3. The largest absolute Gasteiger partial charge is 0.347 e. The minimum atomic E-state index is -0.248. The second-order valence-corrected chi connectivity index (χ2v) is 6.19. The molecule has 1 aromatic carbocycles. The van der Waals surface area contributed by atoms with Crippen LogP contribution in [0.15, 0.2) is 48.8 Å². The van der Waals surface area contributed by atoms with Crippen LogP contribution in [0.3, 0.4) is 0 Å². The normalized spacial score (nSPS) is 10.4. The number of hydrogen-bond acceptors (Lipinski definition) is 5. The average Bonchev–Trinajstić information content (AvgIpc) is 2.63. The molecule has 6 heteroatoms. The van der Waals surface area contributed by atoms with Gasteiger partial charge in [-0.2, -0.15) is 0 Å². The number of nitrogens with zero attached hydrogens (tertiary/aromatic N) is 3. The number of carbonyl (C=O) groups excluding carboxylic acids is 1. The Labute approximate surface area is 152 Å². The summed E-state index contributed by atoms with van der Waals surface area (Å²) in [6, 6.07) is 11.5. The van der Waals surface area contributed by atoms with E-state index in [0.717, 1.165) is 16.9 Å². The molecule has 132 valence electrons. The highest BCUT2D eigenvalue weighted by molar-refractivity contribution is 5.92. The Morgan fingerprint density at radius 2 is 1.88 bits per heavy atom. The van der Waals surface area contributed by atoms with Crippen molar-refractivity contribution >= 4 is 17.5 Å². The van der Waals surface area contributed by atoms with Crippen molar-refractivity contribution in [1.82, 2.24) is 20.3 Å². The minimum Gasteiger partial charge on any atom is -0.347 e. The fraction of sp³-hybridized carbons (Fsp3) is 0.200. The number of nitrogens with one attached hydrogen (secondary N) is 2. The fourth-order valence-electron chi connectivity index (χ4n) is 2.46. The molecule has 3 aromatic rings. The molecule has 0 fully saturated rings. The van der Waals surface area contributed by atoms with Crippen LogP contribution in [-0.2, 0) is 6.54 Å². The maximum absolute atomic E-state index is 12.4. The molecule has 0 atom stereocenters. The third kappa shape index (κ3) is 4.42. The molecule has 2 heterocycles. The molecular formula is C20H21N5O. The molecule has 0 spiro atoms. The fourth-order valence-corrected chi connectivity index (χ4v) is 2.46. The van der Waals surface area contributed by atoms with Crippen LogP contribution in [0.25, 0.3) is 0 Å². The van der Waals surface area contributed by atoms with Gasteiger partial charge in [0.2, 0.25) is 5.95 Å². The smallest absolute Gasteiger partial charge is 0.270 e. The van der Waals surface area contributed by atoms with E-state index >= 15 is 0 Å². The number of aromatic nitrogens is 3. The van der Waals surface area contributed by atoms with Crippen molar-refractivity contribution < 1.29 is 4.79 Å². The second kappa shape index (κ2) is 7.74. The van der Waals surface area contributed by atoms with Gasteiger partial charge in [0.25, 0.3) is 5.91 Å². The van der Waals surface area contributed by atoms with Crippen molar-refractivity contribution in [2.45, 2.75) is 27.3 Å². The maximum atomic E-state index is 12.4. The molecular weight excluding hydrogens is 326 g/mol. The van der Waals surface area contributed by atoms with Gasteiger partial charge in [-0.25, -0.2) is 9.97 Å². The molecule has 2 aromatic heterocycles. The Bertz CT molecular complexity index is 925. The summed E-state index contributed by atoms with van der Waals surface area (Å²) in [6.07, 6.45) is 3.42. The third-order valence-electron chi connectivity index (χ3n) is 4.03. The lowest BCUT2D eigenvalue weighted by Crippen LogP contribution is -2.24. The Hall–Kier alpha value is -3.28. The van der Waals surface area contributed by atoms with Crippen LogP contribution in [0.5, 0.6) is 0 Å². The molecule has 2 N–H and O–H groups in total. The van der Waals surface area contributed by atoms with Crippen molar-refractivity contribution in [2.24, 2.45) is 0 Å². The lowest BCUT2D eigenvalue weighted by molar-refractivity contribution is 0.0945. The van der Waals surface area contributed by atoms with Crippen molar-refractivity contribution in [3.05, 3.63) is 76.9 Å². The number of benzene rings is 1. The first-order chi connectivity index (χ1) is 12.5. The van der Waals surface area contributed by atoms with Crippen LogP contribution in [0.2, 0.25) is 0 Å². The highest BCUT2D eigenvalue weighted by Crippen LogP contribution is 2.18. The summed E-state index contributed by atoms with van der Waals surface area (Å²) < 4.78 is 0. The van der Waals surface area contributed by atoms with Gasteiger partial charge in [-0.05, 0) is 61.7 Å². The van der Waals surface area contributed by atoms with Crippen LogP contribution < -0.4 is 10.6 Å². The molecule has 0 aliphatic carbocycles. The quantitative estimate of drug-likeness (QED) is 0.739. The molecule has 0 saturated carbocycles. The van der Waals surface area contributed by atoms with E-state index in [4.69, 9.17) is 0 Å². The van der Waals surface area contributed by atoms with Crippen molar-refractivity contribution in [2.75, 3.05) is 5.32 Å². The van der Waals surface area contributed by atoms with Crippen LogP contribution in [0.4, 0.5) is 11.6 Å². The Morgan fingerprint density at radius 3 is 2.62 bits per heavy atom. The summed E-state index contributed by atoms with van der Waals surface area (Å²) in [4.78, 5) is 25.2. The van der Waals surface area contributed by atoms with Gasteiger partial charge >= 0.3 is 0 Å². The summed E-state index contributed by atoms with van der Waals surface area (Å²) in [5.74, 6) is 0.155. The monoisotopic (exact) mass is 347 g/mol. The number of rotatable bonds is 5. The number of carbonyl (C=O) groups is 1. The summed E-state index contributed by atoms with van der Waals surface area (Å²) in [6.45, 7) is 6.35. The van der Waals surface area contributed by atoms with Crippen LogP contribution in [-0.4, -0.2) is 20.9 Å². The van der Waals surface area contributed by atoms with Gasteiger partial charge in [0.05, 0.1) is 0 Å². The lowest BCUT2D eigenvalue weighted by atomic mass is 10.1. The van der Waals surface area contributed by atoms with Gasteiger partial charge in [0.15, 0.2) is 0 Å². The number of hydrogen-bond donors (Lipinski definition) is 2. The Balaban J connectivity index is 1.74. The lowest BCUT2D eigenvalue weighted by Gasteiger charge is -2.10. The maximum Gasteiger partial charge on any atom is 0.270 e. The predicted octanol–water partition coefficient (Wildman–Crippen LogP) is 3.47. The van der Waals surface area contributed by atoms with Gasteiger partial charge in [0.1, 0.15) is 5.69 Å². The second-order valence-electron chi connectivity index (χ2n) is 6.19. The van der Waals surface area contributed by atoms with Crippen molar-refractivity contribution in [1.29, 1.82) is 0 Å². The highest BCUT2D eigenvalue weighted by Gasteiger charge is 2.11. The molecule has 0 bridgehead atoms. The molecule has 26 heavy (non-hydrogen) atoms. The first-order valence-electron chi connectivity index (χ1n) is 8.38. The molecule has 0 saturated heterocycles. The Morgan fingerprint density at radius 1 is 1.04 bits per heavy atom. The number of pyridine rings is 1. The average molecular weight is 347 g/mol. The summed E-state index contributed by atoms with van der Waals surface area (Å²) in [5.41, 5.74) is 5.26. The zero-order valence-corrected chi connectivity index (χ0v) is 15.1. The molecule has 6 nitrogen and oxygen atoms in total. The van der Waals surface area contributed by atoms with Crippen LogP contribution in [0, 0.1) is 20.8 Å². The topological polar surface area (TPSA) is 79.8 Å². The van der Waals surface area contributed by atoms with Crippen LogP contribution in [0.1, 0.15) is 32.9 Å². The highest BCUT2D eigenvalue weighted by atomic mass is 16.1. The number of anilines is 2.